The van der Waals surface area contributed by atoms with E-state index in [1.165, 1.54) is 17.5 Å². The fourth-order valence-corrected chi connectivity index (χ4v) is 1.80. The van der Waals surface area contributed by atoms with Crippen molar-refractivity contribution in [2.45, 2.75) is 13.0 Å². The maximum Gasteiger partial charge on any atom is 0.279 e. The third kappa shape index (κ3) is 2.23. The summed E-state index contributed by atoms with van der Waals surface area (Å²) in [4.78, 5) is 15.6. The summed E-state index contributed by atoms with van der Waals surface area (Å²) >= 11 is 1.24. The first-order valence-corrected chi connectivity index (χ1v) is 5.35. The highest BCUT2D eigenvalue weighted by molar-refractivity contribution is 7.14. The van der Waals surface area contributed by atoms with E-state index in [9.17, 15) is 9.90 Å². The summed E-state index contributed by atoms with van der Waals surface area (Å²) in [5.74, 6) is -0.389. The number of hydrogen-bond donors (Lipinski definition) is 3. The Morgan fingerprint density at radius 3 is 3.06 bits per heavy atom. The number of aliphatic hydroxyl groups is 1. The number of rotatable bonds is 3. The van der Waals surface area contributed by atoms with Crippen LogP contribution in [-0.2, 0) is 0 Å². The fourth-order valence-electron chi connectivity index (χ4n) is 1.01. The van der Waals surface area contributed by atoms with Gasteiger partial charge >= 0.3 is 0 Å². The van der Waals surface area contributed by atoms with Crippen molar-refractivity contribution in [2.75, 3.05) is 5.32 Å². The zero-order chi connectivity index (χ0) is 11.5. The first kappa shape index (κ1) is 10.7. The van der Waals surface area contributed by atoms with E-state index in [1.54, 1.807) is 12.3 Å². The molecular formula is C8H9N5O2S. The molecule has 16 heavy (non-hydrogen) atoms. The third-order valence-electron chi connectivity index (χ3n) is 1.82. The van der Waals surface area contributed by atoms with E-state index in [1.807, 2.05) is 0 Å². The van der Waals surface area contributed by atoms with Gasteiger partial charge in [-0.2, -0.15) is 15.4 Å². The van der Waals surface area contributed by atoms with Gasteiger partial charge < -0.3 is 5.11 Å². The topological polar surface area (TPSA) is 104 Å². The van der Waals surface area contributed by atoms with Crippen molar-refractivity contribution in [3.63, 3.8) is 0 Å². The minimum Gasteiger partial charge on any atom is -0.387 e. The van der Waals surface area contributed by atoms with Crippen molar-refractivity contribution in [1.82, 2.24) is 20.4 Å². The van der Waals surface area contributed by atoms with Gasteiger partial charge in [-0.05, 0) is 6.92 Å². The van der Waals surface area contributed by atoms with E-state index in [2.05, 4.69) is 25.7 Å². The Morgan fingerprint density at radius 2 is 2.50 bits per heavy atom. The minimum absolute atomic E-state index is 0.189. The summed E-state index contributed by atoms with van der Waals surface area (Å²) in [6, 6.07) is 0. The van der Waals surface area contributed by atoms with Crippen LogP contribution in [0.15, 0.2) is 11.6 Å². The highest BCUT2D eigenvalue weighted by atomic mass is 32.1. The summed E-state index contributed by atoms with van der Waals surface area (Å²) in [6.45, 7) is 1.61. The number of H-pyrrole nitrogens is 1. The van der Waals surface area contributed by atoms with Gasteiger partial charge in [0.15, 0.2) is 10.8 Å². The minimum atomic E-state index is -0.644. The standard InChI is InChI=1S/C8H9N5O2S/c1-4(14)6-3-16-8(10-6)11-7(15)5-2-9-13-12-5/h2-4,14H,1H3,(H,9,12,13)(H,10,11,15). The van der Waals surface area contributed by atoms with Crippen LogP contribution in [-0.4, -0.2) is 31.4 Å². The Hall–Kier alpha value is -1.80. The second-order valence-electron chi connectivity index (χ2n) is 3.06. The fraction of sp³-hybridized carbons (Fsp3) is 0.250. The highest BCUT2D eigenvalue weighted by Gasteiger charge is 2.12. The number of aromatic nitrogens is 4. The maximum absolute atomic E-state index is 11.5. The highest BCUT2D eigenvalue weighted by Crippen LogP contribution is 2.20. The molecule has 2 rings (SSSR count). The van der Waals surface area contributed by atoms with Gasteiger partial charge in [-0.15, -0.1) is 11.3 Å². The second kappa shape index (κ2) is 4.37. The van der Waals surface area contributed by atoms with Gasteiger partial charge in [0, 0.05) is 5.38 Å². The van der Waals surface area contributed by atoms with Crippen LogP contribution >= 0.6 is 11.3 Å². The summed E-state index contributed by atoms with van der Waals surface area (Å²) in [5.41, 5.74) is 0.717. The summed E-state index contributed by atoms with van der Waals surface area (Å²) in [5, 5.41) is 23.4. The number of nitrogens with one attached hydrogen (secondary N) is 2. The van der Waals surface area contributed by atoms with Crippen LogP contribution < -0.4 is 5.32 Å². The molecule has 1 unspecified atom stereocenters. The first-order chi connectivity index (χ1) is 7.66. The van der Waals surface area contributed by atoms with Crippen molar-refractivity contribution < 1.29 is 9.90 Å². The Bertz CT molecular complexity index is 478. The SMILES string of the molecule is CC(O)c1csc(NC(=O)c2cn[nH]n2)n1. The van der Waals surface area contributed by atoms with E-state index in [0.717, 1.165) is 0 Å². The lowest BCUT2D eigenvalue weighted by Gasteiger charge is -1.98. The van der Waals surface area contributed by atoms with Crippen LogP contribution in [0, 0.1) is 0 Å². The Labute approximate surface area is 94.5 Å². The summed E-state index contributed by atoms with van der Waals surface area (Å²) < 4.78 is 0. The average Bonchev–Trinajstić information content (AvgIpc) is 2.87. The van der Waals surface area contributed by atoms with Gasteiger partial charge in [-0.25, -0.2) is 4.98 Å². The van der Waals surface area contributed by atoms with Crippen LogP contribution in [0.4, 0.5) is 5.13 Å². The number of anilines is 1. The molecule has 0 radical (unpaired) electrons. The normalized spacial score (nSPS) is 12.4. The first-order valence-electron chi connectivity index (χ1n) is 4.47. The molecule has 1 atom stereocenters. The van der Waals surface area contributed by atoms with E-state index >= 15 is 0 Å². The zero-order valence-electron chi connectivity index (χ0n) is 8.34. The number of aliphatic hydroxyl groups excluding tert-OH is 1. The quantitative estimate of drug-likeness (QED) is 0.726. The second-order valence-corrected chi connectivity index (χ2v) is 3.92. The molecule has 7 nitrogen and oxygen atoms in total. The summed E-state index contributed by atoms with van der Waals surface area (Å²) in [6.07, 6.45) is 0.673. The van der Waals surface area contributed by atoms with Crippen molar-refractivity contribution in [2.24, 2.45) is 0 Å². The third-order valence-corrected chi connectivity index (χ3v) is 2.59. The lowest BCUT2D eigenvalue weighted by molar-refractivity contribution is 0.102. The molecule has 2 aromatic heterocycles. The molecule has 3 N–H and O–H groups in total. The Kier molecular flexibility index (Phi) is 2.93. The molecule has 0 saturated heterocycles. The maximum atomic E-state index is 11.5. The van der Waals surface area contributed by atoms with E-state index in [4.69, 9.17) is 0 Å². The molecule has 0 saturated carbocycles. The molecule has 1 amide bonds. The van der Waals surface area contributed by atoms with Crippen molar-refractivity contribution in [1.29, 1.82) is 0 Å². The summed E-state index contributed by atoms with van der Waals surface area (Å²) in [7, 11) is 0. The lowest BCUT2D eigenvalue weighted by atomic mass is 10.3. The number of aromatic amines is 1. The van der Waals surface area contributed by atoms with Crippen LogP contribution in [0.25, 0.3) is 0 Å². The van der Waals surface area contributed by atoms with Crippen molar-refractivity contribution in [3.8, 4) is 0 Å². The largest absolute Gasteiger partial charge is 0.387 e. The average molecular weight is 239 g/mol. The molecule has 0 fully saturated rings. The lowest BCUT2D eigenvalue weighted by Crippen LogP contribution is -2.12. The molecule has 0 spiro atoms. The molecule has 84 valence electrons. The van der Waals surface area contributed by atoms with Gasteiger partial charge in [0.1, 0.15) is 0 Å². The Balaban J connectivity index is 2.07. The van der Waals surface area contributed by atoms with Gasteiger partial charge in [0.05, 0.1) is 18.0 Å². The van der Waals surface area contributed by atoms with Crippen LogP contribution in [0.5, 0.6) is 0 Å². The molecule has 2 aromatic rings. The molecule has 2 heterocycles. The Morgan fingerprint density at radius 1 is 1.69 bits per heavy atom. The molecule has 0 aromatic carbocycles. The van der Waals surface area contributed by atoms with Gasteiger partial charge in [-0.1, -0.05) is 0 Å². The van der Waals surface area contributed by atoms with Gasteiger partial charge in [-0.3, -0.25) is 10.1 Å². The smallest absolute Gasteiger partial charge is 0.279 e. The van der Waals surface area contributed by atoms with Crippen LogP contribution in [0.2, 0.25) is 0 Å². The van der Waals surface area contributed by atoms with Crippen molar-refractivity contribution >= 4 is 22.4 Å². The predicted octanol–water partition coefficient (Wildman–Crippen LogP) is 0.567. The number of amides is 1. The molecule has 0 aliphatic carbocycles. The van der Waals surface area contributed by atoms with E-state index in [-0.39, 0.29) is 11.6 Å². The predicted molar refractivity (Wildman–Crippen MR) is 57.1 cm³/mol. The van der Waals surface area contributed by atoms with E-state index < -0.39 is 6.10 Å². The van der Waals surface area contributed by atoms with E-state index in [0.29, 0.717) is 10.8 Å². The number of nitrogens with zero attached hydrogens (tertiary/aromatic N) is 3. The molecule has 0 aliphatic rings. The zero-order valence-corrected chi connectivity index (χ0v) is 9.15. The number of hydrogen-bond acceptors (Lipinski definition) is 6. The molecular weight excluding hydrogens is 230 g/mol. The van der Waals surface area contributed by atoms with Crippen molar-refractivity contribution in [3.05, 3.63) is 23.0 Å². The molecule has 0 bridgehead atoms. The van der Waals surface area contributed by atoms with Crippen LogP contribution in [0.1, 0.15) is 29.2 Å². The van der Waals surface area contributed by atoms with Gasteiger partial charge in [0.25, 0.3) is 5.91 Å². The van der Waals surface area contributed by atoms with Gasteiger partial charge in [0.2, 0.25) is 0 Å². The van der Waals surface area contributed by atoms with Crippen LogP contribution in [0.3, 0.4) is 0 Å². The number of carbonyl (C=O) groups is 1. The molecule has 8 heteroatoms. The monoisotopic (exact) mass is 239 g/mol. The number of thiazole rings is 1. The molecule has 0 aliphatic heterocycles. The number of carbonyl (C=O) groups excluding carboxylic acids is 1.